The molecule has 1 saturated heterocycles. The average molecular weight is 484 g/mol. The molecule has 0 saturated carbocycles. The third-order valence-corrected chi connectivity index (χ3v) is 4.36. The molecule has 0 spiro atoms. The number of carboxylic acids is 1. The lowest BCUT2D eigenvalue weighted by Gasteiger charge is -2.17. The number of nitrogens with one attached hydrogen (secondary N) is 2. The highest BCUT2D eigenvalue weighted by atomic mass is 35.5. The highest BCUT2D eigenvalue weighted by Gasteiger charge is 2.38. The van der Waals surface area contributed by atoms with Gasteiger partial charge in [0.1, 0.15) is 11.5 Å². The minimum absolute atomic E-state index is 0.0720. The molecule has 15 heteroatoms. The summed E-state index contributed by atoms with van der Waals surface area (Å²) >= 11 is 5.70. The van der Waals surface area contributed by atoms with Gasteiger partial charge in [0, 0.05) is 19.7 Å². The van der Waals surface area contributed by atoms with Crippen LogP contribution < -0.4 is 10.4 Å². The van der Waals surface area contributed by atoms with E-state index in [1.165, 1.54) is 12.1 Å². The molecule has 0 aliphatic carbocycles. The molecule has 1 aromatic carbocycles. The molecule has 1 atom stereocenters. The first kappa shape index (κ1) is 25.5. The van der Waals surface area contributed by atoms with E-state index in [-0.39, 0.29) is 28.3 Å². The number of alkyl halides is 3. The summed E-state index contributed by atoms with van der Waals surface area (Å²) in [7, 11) is 0. The molecular formula is C17H18ClF4N5O5. The third kappa shape index (κ3) is 7.12. The smallest absolute Gasteiger partial charge is 0.475 e. The standard InChI is InChI=1S/C15H17ClFN5O3.C2HF3O2/c16-11-6-9(3-4-12(11)17)22(23)15(18)14-13(20-25-21-14)8-19-7-10-2-1-5-24-10;3-2(4,5)1(6)7/h3-4,6,10,18-19,23H,1-2,5,7-8H2;(H,6,7). The van der Waals surface area contributed by atoms with Crippen LogP contribution in [0.5, 0.6) is 0 Å². The summed E-state index contributed by atoms with van der Waals surface area (Å²) < 4.78 is 55.2. The van der Waals surface area contributed by atoms with Crippen molar-refractivity contribution in [2.24, 2.45) is 0 Å². The zero-order chi connectivity index (χ0) is 23.9. The molecule has 1 aliphatic rings. The third-order valence-electron chi connectivity index (χ3n) is 4.07. The van der Waals surface area contributed by atoms with Gasteiger partial charge in [0.05, 0.1) is 16.8 Å². The largest absolute Gasteiger partial charge is 0.490 e. The number of aliphatic carboxylic acids is 1. The summed E-state index contributed by atoms with van der Waals surface area (Å²) in [5, 5.41) is 36.3. The fourth-order valence-corrected chi connectivity index (χ4v) is 2.68. The zero-order valence-corrected chi connectivity index (χ0v) is 17.0. The summed E-state index contributed by atoms with van der Waals surface area (Å²) in [6.45, 7) is 1.72. The van der Waals surface area contributed by atoms with Gasteiger partial charge in [0.15, 0.2) is 11.5 Å². The number of carbonyl (C=O) groups is 1. The number of hydrogen-bond donors (Lipinski definition) is 4. The summed E-state index contributed by atoms with van der Waals surface area (Å²) in [6, 6.07) is 3.59. The van der Waals surface area contributed by atoms with Crippen molar-refractivity contribution < 1.29 is 42.0 Å². The number of nitrogens with zero attached hydrogens (tertiary/aromatic N) is 3. The topological polar surface area (TPSA) is 145 Å². The van der Waals surface area contributed by atoms with E-state index >= 15 is 0 Å². The van der Waals surface area contributed by atoms with E-state index in [0.29, 0.717) is 23.8 Å². The molecule has 1 unspecified atom stereocenters. The summed E-state index contributed by atoms with van der Waals surface area (Å²) in [5.41, 5.74) is 0.565. The molecule has 2 heterocycles. The molecule has 1 aliphatic heterocycles. The Bertz CT molecular complexity index is 936. The molecule has 10 nitrogen and oxygen atoms in total. The van der Waals surface area contributed by atoms with Gasteiger partial charge in [-0.1, -0.05) is 16.8 Å². The summed E-state index contributed by atoms with van der Waals surface area (Å²) in [6.07, 6.45) is -2.87. The van der Waals surface area contributed by atoms with E-state index < -0.39 is 18.0 Å². The molecule has 1 fully saturated rings. The van der Waals surface area contributed by atoms with Gasteiger partial charge in [-0.25, -0.2) is 18.9 Å². The molecular weight excluding hydrogens is 466 g/mol. The Morgan fingerprint density at radius 1 is 1.38 bits per heavy atom. The Morgan fingerprint density at radius 3 is 2.62 bits per heavy atom. The fourth-order valence-electron chi connectivity index (χ4n) is 2.51. The van der Waals surface area contributed by atoms with Gasteiger partial charge in [-0.3, -0.25) is 10.6 Å². The first-order valence-corrected chi connectivity index (χ1v) is 9.35. The van der Waals surface area contributed by atoms with E-state index in [4.69, 9.17) is 31.6 Å². The number of hydrogen-bond acceptors (Lipinski definition) is 8. The highest BCUT2D eigenvalue weighted by molar-refractivity contribution is 6.31. The van der Waals surface area contributed by atoms with Crippen LogP contribution in [0.1, 0.15) is 24.2 Å². The average Bonchev–Trinajstić information content (AvgIpc) is 3.41. The Labute approximate surface area is 183 Å². The van der Waals surface area contributed by atoms with Crippen LogP contribution in [0.4, 0.5) is 23.2 Å². The van der Waals surface area contributed by atoms with Crippen LogP contribution in [0, 0.1) is 11.2 Å². The van der Waals surface area contributed by atoms with Gasteiger partial charge in [-0.2, -0.15) is 13.2 Å². The molecule has 176 valence electrons. The lowest BCUT2D eigenvalue weighted by molar-refractivity contribution is -0.192. The second-order valence-electron chi connectivity index (χ2n) is 6.39. The molecule has 4 N–H and O–H groups in total. The normalized spacial score (nSPS) is 15.8. The summed E-state index contributed by atoms with van der Waals surface area (Å²) in [5.74, 6) is -3.74. The summed E-state index contributed by atoms with van der Waals surface area (Å²) in [4.78, 5) is 8.90. The number of amidine groups is 1. The minimum atomic E-state index is -5.08. The van der Waals surface area contributed by atoms with Crippen molar-refractivity contribution in [3.8, 4) is 0 Å². The number of benzene rings is 1. The SMILES string of the molecule is N=C(c1nonc1CNCC1CCCO1)N(O)c1ccc(F)c(Cl)c1.O=C(O)C(F)(F)F. The predicted octanol–water partition coefficient (Wildman–Crippen LogP) is 2.99. The molecule has 0 amide bonds. The number of anilines is 1. The van der Waals surface area contributed by atoms with Crippen LogP contribution >= 0.6 is 11.6 Å². The van der Waals surface area contributed by atoms with Crippen molar-refractivity contribution in [2.75, 3.05) is 18.2 Å². The Hall–Kier alpha value is -2.81. The first-order chi connectivity index (χ1) is 15.0. The van der Waals surface area contributed by atoms with Gasteiger partial charge in [-0.05, 0) is 36.2 Å². The van der Waals surface area contributed by atoms with Gasteiger partial charge in [0.2, 0.25) is 0 Å². The molecule has 0 bridgehead atoms. The first-order valence-electron chi connectivity index (χ1n) is 8.97. The monoisotopic (exact) mass is 483 g/mol. The Kier molecular flexibility index (Phi) is 8.89. The van der Waals surface area contributed by atoms with Crippen molar-refractivity contribution >= 4 is 29.1 Å². The lowest BCUT2D eigenvalue weighted by Crippen LogP contribution is -2.30. The Morgan fingerprint density at radius 2 is 2.06 bits per heavy atom. The van der Waals surface area contributed by atoms with Crippen LogP contribution in [0.3, 0.4) is 0 Å². The van der Waals surface area contributed by atoms with Crippen LogP contribution in [-0.2, 0) is 16.1 Å². The van der Waals surface area contributed by atoms with E-state index in [9.17, 15) is 22.8 Å². The van der Waals surface area contributed by atoms with Crippen molar-refractivity contribution in [1.82, 2.24) is 15.6 Å². The van der Waals surface area contributed by atoms with E-state index in [0.717, 1.165) is 25.5 Å². The van der Waals surface area contributed by atoms with Gasteiger partial charge >= 0.3 is 12.1 Å². The van der Waals surface area contributed by atoms with Crippen molar-refractivity contribution in [3.05, 3.63) is 40.4 Å². The minimum Gasteiger partial charge on any atom is -0.475 e. The van der Waals surface area contributed by atoms with Gasteiger partial charge < -0.3 is 15.2 Å². The second-order valence-corrected chi connectivity index (χ2v) is 6.79. The van der Waals surface area contributed by atoms with Crippen LogP contribution in [0.2, 0.25) is 5.02 Å². The van der Waals surface area contributed by atoms with E-state index in [1.807, 2.05) is 0 Å². The molecule has 2 aromatic rings. The number of hydroxylamine groups is 1. The van der Waals surface area contributed by atoms with Gasteiger partial charge in [0.25, 0.3) is 0 Å². The maximum absolute atomic E-state index is 13.2. The quantitative estimate of drug-likeness (QED) is 0.211. The Balaban J connectivity index is 0.000000451. The molecule has 1 aromatic heterocycles. The predicted molar refractivity (Wildman–Crippen MR) is 101 cm³/mol. The fraction of sp³-hybridized carbons (Fsp3) is 0.412. The van der Waals surface area contributed by atoms with E-state index in [1.54, 1.807) is 0 Å². The number of ether oxygens (including phenoxy) is 1. The number of rotatable bonds is 6. The van der Waals surface area contributed by atoms with Crippen molar-refractivity contribution in [3.63, 3.8) is 0 Å². The van der Waals surface area contributed by atoms with Crippen molar-refractivity contribution in [1.29, 1.82) is 5.41 Å². The van der Waals surface area contributed by atoms with Crippen LogP contribution in [0.15, 0.2) is 22.8 Å². The lowest BCUT2D eigenvalue weighted by atomic mass is 10.2. The van der Waals surface area contributed by atoms with Crippen LogP contribution in [0.25, 0.3) is 0 Å². The van der Waals surface area contributed by atoms with Crippen LogP contribution in [-0.4, -0.2) is 57.9 Å². The molecule has 3 rings (SSSR count). The maximum Gasteiger partial charge on any atom is 0.490 e. The molecule has 32 heavy (non-hydrogen) atoms. The molecule has 0 radical (unpaired) electrons. The van der Waals surface area contributed by atoms with Crippen molar-refractivity contribution in [2.45, 2.75) is 31.7 Å². The van der Waals surface area contributed by atoms with Gasteiger partial charge in [-0.15, -0.1) is 0 Å². The number of carboxylic acid groups (broad SMARTS) is 1. The second kappa shape index (κ2) is 11.2. The number of aromatic nitrogens is 2. The van der Waals surface area contributed by atoms with E-state index in [2.05, 4.69) is 20.3 Å². The number of halogens is 5. The maximum atomic E-state index is 13.2. The zero-order valence-electron chi connectivity index (χ0n) is 16.2. The highest BCUT2D eigenvalue weighted by Crippen LogP contribution is 2.23.